The maximum absolute atomic E-state index is 12.5. The third-order valence-electron chi connectivity index (χ3n) is 1.22. The van der Waals surface area contributed by atoms with Crippen LogP contribution in [0.5, 0.6) is 0 Å². The van der Waals surface area contributed by atoms with Crippen molar-refractivity contribution >= 4 is 0 Å². The Balaban J connectivity index is 3.01. The Labute approximate surface area is 54.3 Å². The van der Waals surface area contributed by atoms with E-state index in [2.05, 4.69) is 12.1 Å². The summed E-state index contributed by atoms with van der Waals surface area (Å²) in [6.07, 6.45) is 0.719. The van der Waals surface area contributed by atoms with Crippen LogP contribution in [0.1, 0.15) is 12.5 Å². The minimum Gasteiger partial charge on any atom is -0.206 e. The monoisotopic (exact) mass is 122 g/mol. The molecule has 0 unspecified atom stereocenters. The largest absolute Gasteiger partial charge is 0.206 e. The topological polar surface area (TPSA) is 0 Å². The van der Waals surface area contributed by atoms with Gasteiger partial charge in [0.15, 0.2) is 0 Å². The summed E-state index contributed by atoms with van der Waals surface area (Å²) in [5.41, 5.74) is 0.703. The van der Waals surface area contributed by atoms with E-state index in [1.807, 2.05) is 6.92 Å². The third kappa shape index (κ3) is 1.20. The minimum atomic E-state index is -0.184. The lowest BCUT2D eigenvalue weighted by atomic mass is 10.2. The maximum Gasteiger partial charge on any atom is 0.135 e. The second kappa shape index (κ2) is 2.50. The molecule has 1 heteroatoms. The number of hydrogen-bond donors (Lipinski definition) is 0. The Kier molecular flexibility index (Phi) is 1.69. The van der Waals surface area contributed by atoms with E-state index < -0.39 is 0 Å². The molecular weight excluding hydrogens is 115 g/mol. The summed E-state index contributed by atoms with van der Waals surface area (Å²) in [5, 5.41) is 0. The van der Waals surface area contributed by atoms with Gasteiger partial charge in [-0.25, -0.2) is 4.39 Å². The molecule has 0 aliphatic heterocycles. The van der Waals surface area contributed by atoms with Gasteiger partial charge in [-0.15, -0.1) is 0 Å². The molecule has 1 aromatic carbocycles. The first-order valence-corrected chi connectivity index (χ1v) is 2.90. The van der Waals surface area contributed by atoms with Crippen LogP contribution in [-0.2, 0) is 6.42 Å². The van der Waals surface area contributed by atoms with Gasteiger partial charge in [0.1, 0.15) is 5.82 Å². The van der Waals surface area contributed by atoms with Crippen molar-refractivity contribution in [1.29, 1.82) is 0 Å². The van der Waals surface area contributed by atoms with Gasteiger partial charge in [0.05, 0.1) is 0 Å². The Hall–Kier alpha value is -1.03. The number of aryl methyl sites for hydroxylation is 1. The fraction of sp³-hybridized carbons (Fsp3) is 0.250. The van der Waals surface area contributed by atoms with Gasteiger partial charge in [-0.2, -0.15) is 0 Å². The number of rotatable bonds is 1. The Bertz CT molecular complexity index is 194. The summed E-state index contributed by atoms with van der Waals surface area (Å²) < 4.78 is 12.5. The van der Waals surface area contributed by atoms with Gasteiger partial charge in [-0.05, 0) is 18.1 Å². The molecule has 0 aromatic heterocycles. The summed E-state index contributed by atoms with van der Waals surface area (Å²) in [5.74, 6) is -0.184. The molecule has 0 saturated heterocycles. The fourth-order valence-electron chi connectivity index (χ4n) is 0.666. The maximum atomic E-state index is 12.5. The molecule has 0 radical (unpaired) electrons. The Morgan fingerprint density at radius 2 is 2.11 bits per heavy atom. The molecule has 46 valence electrons. The van der Waals surface area contributed by atoms with Gasteiger partial charge in [0, 0.05) is 6.07 Å². The zero-order valence-corrected chi connectivity index (χ0v) is 5.24. The van der Waals surface area contributed by atoms with E-state index in [-0.39, 0.29) is 5.82 Å². The molecule has 1 aromatic rings. The van der Waals surface area contributed by atoms with Crippen molar-refractivity contribution in [1.82, 2.24) is 0 Å². The summed E-state index contributed by atoms with van der Waals surface area (Å²) in [4.78, 5) is 0. The summed E-state index contributed by atoms with van der Waals surface area (Å²) in [6.45, 7) is 1.91. The first kappa shape index (κ1) is 6.10. The van der Waals surface area contributed by atoms with E-state index in [9.17, 15) is 4.39 Å². The van der Waals surface area contributed by atoms with E-state index in [0.29, 0.717) is 5.56 Å². The van der Waals surface area contributed by atoms with Gasteiger partial charge in [-0.1, -0.05) is 19.1 Å². The highest BCUT2D eigenvalue weighted by atomic mass is 19.1. The van der Waals surface area contributed by atoms with Crippen LogP contribution < -0.4 is 0 Å². The SMILES string of the molecule is CCc1cc#ccc1F. The highest BCUT2D eigenvalue weighted by molar-refractivity contribution is 5.12. The lowest BCUT2D eigenvalue weighted by Gasteiger charge is -1.91. The summed E-state index contributed by atoms with van der Waals surface area (Å²) >= 11 is 0. The molecule has 0 bridgehead atoms. The van der Waals surface area contributed by atoms with E-state index >= 15 is 0 Å². The van der Waals surface area contributed by atoms with Gasteiger partial charge in [0.2, 0.25) is 0 Å². The second-order valence-corrected chi connectivity index (χ2v) is 1.80. The lowest BCUT2D eigenvalue weighted by molar-refractivity contribution is 0.612. The van der Waals surface area contributed by atoms with Gasteiger partial charge in [-0.3, -0.25) is 0 Å². The van der Waals surface area contributed by atoms with Crippen molar-refractivity contribution in [3.8, 4) is 0 Å². The minimum absolute atomic E-state index is 0.184. The lowest BCUT2D eigenvalue weighted by Crippen LogP contribution is -1.82. The van der Waals surface area contributed by atoms with Crippen LogP contribution in [0.15, 0.2) is 12.1 Å². The molecule has 0 spiro atoms. The summed E-state index contributed by atoms with van der Waals surface area (Å²) in [7, 11) is 0. The predicted octanol–water partition coefficient (Wildman–Crippen LogP) is 1.99. The van der Waals surface area contributed by atoms with Gasteiger partial charge in [0.25, 0.3) is 0 Å². The quantitative estimate of drug-likeness (QED) is 0.534. The van der Waals surface area contributed by atoms with Gasteiger partial charge < -0.3 is 0 Å². The molecule has 0 heterocycles. The van der Waals surface area contributed by atoms with E-state index in [0.717, 1.165) is 6.42 Å². The van der Waals surface area contributed by atoms with Crippen molar-refractivity contribution in [2.45, 2.75) is 13.3 Å². The Morgan fingerprint density at radius 3 is 2.56 bits per heavy atom. The van der Waals surface area contributed by atoms with E-state index in [1.54, 1.807) is 6.07 Å². The molecule has 0 fully saturated rings. The molecule has 0 nitrogen and oxygen atoms in total. The standard InChI is InChI=1S/C8H7F/c1-2-7-5-3-4-6-8(7)9/h5-6H,2H2,1H3. The first-order valence-electron chi connectivity index (χ1n) is 2.90. The molecule has 0 atom stereocenters. The Morgan fingerprint density at radius 1 is 1.44 bits per heavy atom. The molecule has 1 rings (SSSR count). The van der Waals surface area contributed by atoms with Gasteiger partial charge >= 0.3 is 0 Å². The van der Waals surface area contributed by atoms with Crippen LogP contribution in [0, 0.1) is 17.9 Å². The average Bonchev–Trinajstić information content (AvgIpc) is 1.89. The highest BCUT2D eigenvalue weighted by Crippen LogP contribution is 2.02. The van der Waals surface area contributed by atoms with Crippen molar-refractivity contribution in [3.05, 3.63) is 35.6 Å². The highest BCUT2D eigenvalue weighted by Gasteiger charge is 1.93. The van der Waals surface area contributed by atoms with Crippen molar-refractivity contribution in [2.75, 3.05) is 0 Å². The second-order valence-electron chi connectivity index (χ2n) is 1.80. The zero-order valence-electron chi connectivity index (χ0n) is 5.24. The van der Waals surface area contributed by atoms with Crippen molar-refractivity contribution in [3.63, 3.8) is 0 Å². The molecular formula is C8H7F. The third-order valence-corrected chi connectivity index (χ3v) is 1.22. The van der Waals surface area contributed by atoms with Crippen LogP contribution in [0.4, 0.5) is 4.39 Å². The normalized spacial score (nSPS) is 8.67. The predicted molar refractivity (Wildman–Crippen MR) is 33.4 cm³/mol. The smallest absolute Gasteiger partial charge is 0.135 e. The average molecular weight is 122 g/mol. The number of halogens is 1. The van der Waals surface area contributed by atoms with Crippen molar-refractivity contribution < 1.29 is 4.39 Å². The molecule has 0 saturated carbocycles. The fourth-order valence-corrected chi connectivity index (χ4v) is 0.666. The van der Waals surface area contributed by atoms with Crippen LogP contribution in [0.25, 0.3) is 0 Å². The molecule has 0 aliphatic carbocycles. The van der Waals surface area contributed by atoms with E-state index in [4.69, 9.17) is 0 Å². The van der Waals surface area contributed by atoms with Crippen molar-refractivity contribution in [2.24, 2.45) is 0 Å². The molecule has 0 aliphatic rings. The summed E-state index contributed by atoms with van der Waals surface area (Å²) in [6, 6.07) is 8.15. The number of hydrogen-bond acceptors (Lipinski definition) is 0. The van der Waals surface area contributed by atoms with Crippen LogP contribution in [-0.4, -0.2) is 0 Å². The van der Waals surface area contributed by atoms with Crippen LogP contribution in [0.3, 0.4) is 0 Å². The molecule has 0 N–H and O–H groups in total. The van der Waals surface area contributed by atoms with E-state index in [1.165, 1.54) is 6.07 Å². The van der Waals surface area contributed by atoms with Crippen LogP contribution in [0.2, 0.25) is 0 Å². The zero-order chi connectivity index (χ0) is 6.69. The molecule has 0 amide bonds. The van der Waals surface area contributed by atoms with Crippen LogP contribution >= 0.6 is 0 Å². The molecule has 9 heavy (non-hydrogen) atoms. The first-order chi connectivity index (χ1) is 4.34.